The second kappa shape index (κ2) is 8.93. The Kier molecular flexibility index (Phi) is 6.11. The van der Waals surface area contributed by atoms with E-state index >= 15 is 0 Å². The molecule has 3 aromatic rings. The van der Waals surface area contributed by atoms with Crippen molar-refractivity contribution in [2.45, 2.75) is 32.1 Å². The number of carbonyl (C=O) groups is 1. The van der Waals surface area contributed by atoms with Crippen LogP contribution in [0.25, 0.3) is 5.69 Å². The third-order valence-corrected chi connectivity index (χ3v) is 6.47. The van der Waals surface area contributed by atoms with Crippen molar-refractivity contribution in [3.8, 4) is 5.69 Å². The van der Waals surface area contributed by atoms with E-state index in [1.807, 2.05) is 35.1 Å². The van der Waals surface area contributed by atoms with Crippen LogP contribution in [0.15, 0.2) is 48.8 Å². The van der Waals surface area contributed by atoms with E-state index in [9.17, 15) is 4.79 Å². The molecule has 4 rings (SSSR count). The number of hydrogen-bond acceptors (Lipinski definition) is 4. The highest BCUT2D eigenvalue weighted by Crippen LogP contribution is 2.23. The minimum atomic E-state index is 0.107. The Labute approximate surface area is 179 Å². The topological polar surface area (TPSA) is 62.0 Å². The van der Waals surface area contributed by atoms with Crippen LogP contribution in [0.1, 0.15) is 46.5 Å². The normalized spacial score (nSPS) is 14.2. The fraction of sp³-hybridized carbons (Fsp3) is 0.318. The van der Waals surface area contributed by atoms with Gasteiger partial charge in [-0.15, -0.1) is 11.3 Å². The molecule has 1 saturated heterocycles. The Morgan fingerprint density at radius 3 is 2.55 bits per heavy atom. The Bertz CT molecular complexity index is 1000. The van der Waals surface area contributed by atoms with Gasteiger partial charge in [-0.2, -0.15) is 5.10 Å². The fourth-order valence-electron chi connectivity index (χ4n) is 3.55. The molecule has 0 radical (unpaired) electrons. The van der Waals surface area contributed by atoms with Crippen molar-refractivity contribution < 1.29 is 4.79 Å². The van der Waals surface area contributed by atoms with Crippen molar-refractivity contribution in [2.24, 2.45) is 0 Å². The van der Waals surface area contributed by atoms with Crippen molar-refractivity contribution in [2.75, 3.05) is 13.1 Å². The molecule has 29 heavy (non-hydrogen) atoms. The molecule has 0 unspecified atom stereocenters. The van der Waals surface area contributed by atoms with Gasteiger partial charge in [0.1, 0.15) is 5.84 Å². The second-order valence-corrected chi connectivity index (χ2v) is 8.98. The van der Waals surface area contributed by atoms with E-state index in [1.165, 1.54) is 30.6 Å². The van der Waals surface area contributed by atoms with Crippen LogP contribution < -0.4 is 0 Å². The Balaban J connectivity index is 1.37. The number of carbonyl (C=O) groups excluding carboxylic acids is 1. The number of hydrogen-bond donors (Lipinski definition) is 1. The average Bonchev–Trinajstić information content (AvgIpc) is 3.41. The average molecular weight is 427 g/mol. The SMILES string of the molecule is N=C(c1ccc(-n2cc(CCC(=O)c3ccc(Cl)s3)cn2)cc1)N1CCCCC1. The predicted octanol–water partition coefficient (Wildman–Crippen LogP) is 5.21. The van der Waals surface area contributed by atoms with E-state index in [2.05, 4.69) is 10.00 Å². The lowest BCUT2D eigenvalue weighted by Gasteiger charge is -2.29. The van der Waals surface area contributed by atoms with E-state index in [1.54, 1.807) is 18.3 Å². The summed E-state index contributed by atoms with van der Waals surface area (Å²) in [5.74, 6) is 0.708. The van der Waals surface area contributed by atoms with Gasteiger partial charge < -0.3 is 4.90 Å². The van der Waals surface area contributed by atoms with Gasteiger partial charge in [0.15, 0.2) is 5.78 Å². The van der Waals surface area contributed by atoms with Crippen molar-refractivity contribution in [1.29, 1.82) is 5.41 Å². The zero-order valence-electron chi connectivity index (χ0n) is 16.1. The lowest BCUT2D eigenvalue weighted by Crippen LogP contribution is -2.35. The van der Waals surface area contributed by atoms with Gasteiger partial charge in [0.05, 0.1) is 21.1 Å². The molecule has 0 spiro atoms. The zero-order valence-corrected chi connectivity index (χ0v) is 17.7. The molecule has 2 aromatic heterocycles. The maximum atomic E-state index is 12.2. The van der Waals surface area contributed by atoms with Gasteiger partial charge in [-0.25, -0.2) is 4.68 Å². The first kappa shape index (κ1) is 19.9. The number of thiophene rings is 1. The van der Waals surface area contributed by atoms with Crippen LogP contribution in [0.5, 0.6) is 0 Å². The molecular weight excluding hydrogens is 404 g/mol. The van der Waals surface area contributed by atoms with E-state index < -0.39 is 0 Å². The number of amidine groups is 1. The van der Waals surface area contributed by atoms with Gasteiger partial charge in [-0.1, -0.05) is 11.6 Å². The number of aryl methyl sites for hydroxylation is 1. The number of Topliss-reactive ketones (excluding diaryl/α,β-unsaturated/α-hetero) is 1. The van der Waals surface area contributed by atoms with E-state index in [0.717, 1.165) is 29.9 Å². The summed E-state index contributed by atoms with van der Waals surface area (Å²) in [7, 11) is 0. The van der Waals surface area contributed by atoms with E-state index in [0.29, 0.717) is 27.9 Å². The third kappa shape index (κ3) is 4.77. The monoisotopic (exact) mass is 426 g/mol. The number of nitrogens with zero attached hydrogens (tertiary/aromatic N) is 3. The maximum absolute atomic E-state index is 12.2. The van der Waals surface area contributed by atoms with Crippen LogP contribution >= 0.6 is 22.9 Å². The van der Waals surface area contributed by atoms with Crippen LogP contribution in [0.4, 0.5) is 0 Å². The highest BCUT2D eigenvalue weighted by molar-refractivity contribution is 7.18. The molecule has 0 saturated carbocycles. The molecule has 0 atom stereocenters. The molecule has 1 aliphatic rings. The minimum Gasteiger partial charge on any atom is -0.357 e. The minimum absolute atomic E-state index is 0.107. The molecular formula is C22H23ClN4OS. The maximum Gasteiger partial charge on any atom is 0.173 e. The molecule has 0 bridgehead atoms. The predicted molar refractivity (Wildman–Crippen MR) is 118 cm³/mol. The first-order chi connectivity index (χ1) is 14.1. The summed E-state index contributed by atoms with van der Waals surface area (Å²) in [4.78, 5) is 15.1. The van der Waals surface area contributed by atoms with Gasteiger partial charge in [-0.3, -0.25) is 10.2 Å². The van der Waals surface area contributed by atoms with Gasteiger partial charge in [0, 0.05) is 31.3 Å². The van der Waals surface area contributed by atoms with Gasteiger partial charge in [0.2, 0.25) is 0 Å². The molecule has 0 aliphatic carbocycles. The molecule has 7 heteroatoms. The van der Waals surface area contributed by atoms with E-state index in [-0.39, 0.29) is 5.78 Å². The number of piperidine rings is 1. The van der Waals surface area contributed by atoms with Gasteiger partial charge >= 0.3 is 0 Å². The summed E-state index contributed by atoms with van der Waals surface area (Å²) >= 11 is 7.23. The standard InChI is InChI=1S/C22H23ClN4OS/c23-21-11-10-20(29-21)19(28)9-4-16-14-25-27(15-16)18-7-5-17(6-8-18)22(24)26-12-2-1-3-13-26/h5-8,10-11,14-15,24H,1-4,9,12-13H2. The highest BCUT2D eigenvalue weighted by atomic mass is 35.5. The smallest absolute Gasteiger partial charge is 0.173 e. The van der Waals surface area contributed by atoms with Crippen molar-refractivity contribution in [1.82, 2.24) is 14.7 Å². The van der Waals surface area contributed by atoms with Crippen molar-refractivity contribution in [3.63, 3.8) is 0 Å². The molecule has 3 heterocycles. The summed E-state index contributed by atoms with van der Waals surface area (Å²) in [6.07, 6.45) is 8.44. The van der Waals surface area contributed by atoms with Crippen molar-refractivity contribution >= 4 is 34.6 Å². The number of aromatic nitrogens is 2. The van der Waals surface area contributed by atoms with Crippen LogP contribution in [0.2, 0.25) is 4.34 Å². The quantitative estimate of drug-likeness (QED) is 0.334. The lowest BCUT2D eigenvalue weighted by atomic mass is 10.1. The molecule has 1 fully saturated rings. The largest absolute Gasteiger partial charge is 0.357 e. The lowest BCUT2D eigenvalue weighted by molar-refractivity contribution is 0.0986. The van der Waals surface area contributed by atoms with Gasteiger partial charge in [0.25, 0.3) is 0 Å². The molecule has 5 nitrogen and oxygen atoms in total. The molecule has 0 amide bonds. The first-order valence-corrected chi connectivity index (χ1v) is 11.1. The second-order valence-electron chi connectivity index (χ2n) is 7.26. The number of ketones is 1. The van der Waals surface area contributed by atoms with Crippen molar-refractivity contribution in [3.05, 3.63) is 69.1 Å². The summed E-state index contributed by atoms with van der Waals surface area (Å²) in [5, 5.41) is 12.9. The molecule has 1 aliphatic heterocycles. The number of benzene rings is 1. The third-order valence-electron chi connectivity index (χ3n) is 5.20. The van der Waals surface area contributed by atoms with Crippen LogP contribution in [-0.4, -0.2) is 39.4 Å². The molecule has 150 valence electrons. The Morgan fingerprint density at radius 2 is 1.86 bits per heavy atom. The number of halogens is 1. The summed E-state index contributed by atoms with van der Waals surface area (Å²) in [6.45, 7) is 1.94. The molecule has 1 aromatic carbocycles. The van der Waals surface area contributed by atoms with Gasteiger partial charge in [-0.05, 0) is 67.6 Å². The van der Waals surface area contributed by atoms with Crippen LogP contribution in [0.3, 0.4) is 0 Å². The van der Waals surface area contributed by atoms with E-state index in [4.69, 9.17) is 17.0 Å². The summed E-state index contributed by atoms with van der Waals surface area (Å²) in [5.41, 5.74) is 2.90. The first-order valence-electron chi connectivity index (χ1n) is 9.86. The Morgan fingerprint density at radius 1 is 1.10 bits per heavy atom. The summed E-state index contributed by atoms with van der Waals surface area (Å²) in [6, 6.07) is 11.5. The summed E-state index contributed by atoms with van der Waals surface area (Å²) < 4.78 is 2.45. The zero-order chi connectivity index (χ0) is 20.2. The fourth-order valence-corrected chi connectivity index (χ4v) is 4.56. The Hall–Kier alpha value is -2.44. The number of nitrogens with one attached hydrogen (secondary N) is 1. The highest BCUT2D eigenvalue weighted by Gasteiger charge is 2.15. The number of likely N-dealkylation sites (tertiary alicyclic amines) is 1. The van der Waals surface area contributed by atoms with Crippen LogP contribution in [0, 0.1) is 5.41 Å². The van der Waals surface area contributed by atoms with Crippen LogP contribution in [-0.2, 0) is 6.42 Å². The molecule has 1 N–H and O–H groups in total. The number of rotatable bonds is 6.